The van der Waals surface area contributed by atoms with E-state index < -0.39 is 16.1 Å². The van der Waals surface area contributed by atoms with Gasteiger partial charge in [-0.2, -0.15) is 0 Å². The largest absolute Gasteiger partial charge is 0.494 e. The molecule has 3 rings (SSSR count). The maximum Gasteiger partial charge on any atom is 0.243 e. The Morgan fingerprint density at radius 2 is 1.62 bits per heavy atom. The zero-order chi connectivity index (χ0) is 30.7. The molecule has 3 aromatic carbocycles. The summed E-state index contributed by atoms with van der Waals surface area (Å²) < 4.78 is 33.0. The SMILES string of the molecule is CCOc1ccc(N(CCCC(=O)N(Cc2cccc(Br)c2)C(Cc2ccccc2)C(=O)NC(C)C)S(C)(=O)=O)cc1. The van der Waals surface area contributed by atoms with Crippen LogP contribution in [0.4, 0.5) is 5.69 Å². The number of nitrogens with one attached hydrogen (secondary N) is 1. The van der Waals surface area contributed by atoms with Gasteiger partial charge in [0.25, 0.3) is 0 Å². The van der Waals surface area contributed by atoms with Crippen molar-refractivity contribution >= 4 is 43.5 Å². The first-order valence-corrected chi connectivity index (χ1v) is 16.7. The second-order valence-electron chi connectivity index (χ2n) is 10.4. The Labute approximate surface area is 258 Å². The molecule has 0 aliphatic rings. The molecule has 0 heterocycles. The Balaban J connectivity index is 1.86. The van der Waals surface area contributed by atoms with Crippen molar-refractivity contribution in [1.82, 2.24) is 10.2 Å². The zero-order valence-electron chi connectivity index (χ0n) is 24.6. The minimum atomic E-state index is -3.60. The third-order valence-corrected chi connectivity index (χ3v) is 8.22. The number of hydrogen-bond acceptors (Lipinski definition) is 5. The van der Waals surface area contributed by atoms with Gasteiger partial charge >= 0.3 is 0 Å². The van der Waals surface area contributed by atoms with Crippen LogP contribution in [0.25, 0.3) is 0 Å². The average Bonchev–Trinajstić information content (AvgIpc) is 2.93. The van der Waals surface area contributed by atoms with E-state index in [-0.39, 0.29) is 43.8 Å². The fourth-order valence-corrected chi connectivity index (χ4v) is 6.06. The molecule has 0 spiro atoms. The minimum absolute atomic E-state index is 0.0668. The van der Waals surface area contributed by atoms with Crippen molar-refractivity contribution in [2.24, 2.45) is 0 Å². The lowest BCUT2D eigenvalue weighted by Crippen LogP contribution is -2.51. The molecule has 1 N–H and O–H groups in total. The number of sulfonamides is 1. The Hall–Kier alpha value is -3.37. The van der Waals surface area contributed by atoms with Crippen LogP contribution in [0.15, 0.2) is 83.3 Å². The summed E-state index contributed by atoms with van der Waals surface area (Å²) in [4.78, 5) is 29.0. The van der Waals surface area contributed by atoms with E-state index in [9.17, 15) is 18.0 Å². The number of benzene rings is 3. The van der Waals surface area contributed by atoms with Crippen LogP contribution >= 0.6 is 15.9 Å². The molecule has 0 aromatic heterocycles. The highest BCUT2D eigenvalue weighted by atomic mass is 79.9. The molecule has 0 bridgehead atoms. The standard InChI is InChI=1S/C32H40BrN3O5S/c1-5-41-29-18-16-28(17-19-29)36(42(4,39)40)20-10-15-31(37)35(23-26-13-9-14-27(33)21-26)30(32(38)34-24(2)3)22-25-11-7-6-8-12-25/h6-9,11-14,16-19,21,24,30H,5,10,15,20,22-23H2,1-4H3,(H,34,38). The third-order valence-electron chi connectivity index (χ3n) is 6.53. The molecule has 0 saturated heterocycles. The van der Waals surface area contributed by atoms with Crippen LogP contribution in [-0.2, 0) is 32.6 Å². The molecule has 42 heavy (non-hydrogen) atoms. The Morgan fingerprint density at radius 1 is 0.952 bits per heavy atom. The lowest BCUT2D eigenvalue weighted by Gasteiger charge is -2.32. The topological polar surface area (TPSA) is 96.0 Å². The molecule has 0 saturated carbocycles. The number of carbonyl (C=O) groups excluding carboxylic acids is 2. The van der Waals surface area contributed by atoms with Crippen molar-refractivity contribution in [3.63, 3.8) is 0 Å². The van der Waals surface area contributed by atoms with Crippen molar-refractivity contribution in [2.75, 3.05) is 23.7 Å². The van der Waals surface area contributed by atoms with Gasteiger partial charge in [-0.05, 0) is 74.7 Å². The predicted molar refractivity (Wildman–Crippen MR) is 171 cm³/mol. The maximum atomic E-state index is 13.9. The van der Waals surface area contributed by atoms with E-state index in [0.29, 0.717) is 24.5 Å². The Bertz CT molecular complexity index is 1420. The number of anilines is 1. The molecular formula is C32H40BrN3O5S. The Morgan fingerprint density at radius 3 is 2.21 bits per heavy atom. The van der Waals surface area contributed by atoms with Gasteiger partial charge in [-0.25, -0.2) is 8.42 Å². The molecular weight excluding hydrogens is 618 g/mol. The summed E-state index contributed by atoms with van der Waals surface area (Å²) in [7, 11) is -3.60. The maximum absolute atomic E-state index is 13.9. The molecule has 0 aliphatic heterocycles. The number of halogens is 1. The molecule has 1 unspecified atom stereocenters. The Kier molecular flexibility index (Phi) is 12.4. The van der Waals surface area contributed by atoms with Crippen LogP contribution in [-0.4, -0.2) is 56.6 Å². The highest BCUT2D eigenvalue weighted by Crippen LogP contribution is 2.23. The highest BCUT2D eigenvalue weighted by Gasteiger charge is 2.31. The molecule has 0 radical (unpaired) electrons. The summed E-state index contributed by atoms with van der Waals surface area (Å²) in [6.45, 7) is 6.51. The summed E-state index contributed by atoms with van der Waals surface area (Å²) in [5, 5.41) is 2.98. The van der Waals surface area contributed by atoms with Gasteiger partial charge in [0.15, 0.2) is 0 Å². The van der Waals surface area contributed by atoms with Gasteiger partial charge in [-0.3, -0.25) is 13.9 Å². The van der Waals surface area contributed by atoms with Crippen LogP contribution in [0, 0.1) is 0 Å². The molecule has 8 nitrogen and oxygen atoms in total. The zero-order valence-corrected chi connectivity index (χ0v) is 27.0. The number of ether oxygens (including phenoxy) is 1. The number of nitrogens with zero attached hydrogens (tertiary/aromatic N) is 2. The van der Waals surface area contributed by atoms with E-state index in [1.54, 1.807) is 29.2 Å². The average molecular weight is 659 g/mol. The summed E-state index contributed by atoms with van der Waals surface area (Å²) >= 11 is 3.50. The van der Waals surface area contributed by atoms with Crippen LogP contribution in [0.5, 0.6) is 5.75 Å². The summed E-state index contributed by atoms with van der Waals surface area (Å²) in [5.74, 6) is 0.191. The molecule has 0 fully saturated rings. The van der Waals surface area contributed by atoms with Gasteiger partial charge in [0.1, 0.15) is 11.8 Å². The van der Waals surface area contributed by atoms with E-state index in [1.165, 1.54) is 4.31 Å². The first-order chi connectivity index (χ1) is 20.0. The van der Waals surface area contributed by atoms with Crippen molar-refractivity contribution in [3.05, 3.63) is 94.5 Å². The molecule has 226 valence electrons. The highest BCUT2D eigenvalue weighted by molar-refractivity contribution is 9.10. The quantitative estimate of drug-likeness (QED) is 0.231. The second-order valence-corrected chi connectivity index (χ2v) is 13.2. The number of rotatable bonds is 15. The van der Waals surface area contributed by atoms with Crippen LogP contribution in [0.3, 0.4) is 0 Å². The second kappa shape index (κ2) is 15.7. The summed E-state index contributed by atoms with van der Waals surface area (Å²) in [5.41, 5.74) is 2.31. The van der Waals surface area contributed by atoms with Gasteiger partial charge in [-0.1, -0.05) is 58.4 Å². The summed E-state index contributed by atoms with van der Waals surface area (Å²) in [6.07, 6.45) is 1.84. The van der Waals surface area contributed by atoms with Gasteiger partial charge in [-0.15, -0.1) is 0 Å². The fraction of sp³-hybridized carbons (Fsp3) is 0.375. The minimum Gasteiger partial charge on any atom is -0.494 e. The van der Waals surface area contributed by atoms with Crippen molar-refractivity contribution in [2.45, 2.75) is 58.7 Å². The van der Waals surface area contributed by atoms with E-state index in [1.807, 2.05) is 75.4 Å². The van der Waals surface area contributed by atoms with Crippen LogP contribution < -0.4 is 14.4 Å². The van der Waals surface area contributed by atoms with Crippen molar-refractivity contribution < 1.29 is 22.7 Å². The van der Waals surface area contributed by atoms with Gasteiger partial charge < -0.3 is 15.0 Å². The molecule has 3 aromatic rings. The van der Waals surface area contributed by atoms with Gasteiger partial charge in [0, 0.05) is 36.4 Å². The first-order valence-electron chi connectivity index (χ1n) is 14.1. The van der Waals surface area contributed by atoms with E-state index in [0.717, 1.165) is 21.9 Å². The molecule has 2 amide bonds. The van der Waals surface area contributed by atoms with Gasteiger partial charge in [0.05, 0.1) is 18.6 Å². The lowest BCUT2D eigenvalue weighted by molar-refractivity contribution is -0.141. The third kappa shape index (κ3) is 10.2. The normalized spacial score (nSPS) is 12.0. The van der Waals surface area contributed by atoms with Crippen molar-refractivity contribution in [1.29, 1.82) is 0 Å². The number of carbonyl (C=O) groups is 2. The number of amides is 2. The number of hydrogen-bond donors (Lipinski definition) is 1. The van der Waals surface area contributed by atoms with Crippen LogP contribution in [0.2, 0.25) is 0 Å². The van der Waals surface area contributed by atoms with E-state index in [4.69, 9.17) is 4.74 Å². The smallest absolute Gasteiger partial charge is 0.243 e. The van der Waals surface area contributed by atoms with E-state index in [2.05, 4.69) is 21.2 Å². The monoisotopic (exact) mass is 657 g/mol. The first kappa shape index (κ1) is 33.1. The van der Waals surface area contributed by atoms with E-state index >= 15 is 0 Å². The van der Waals surface area contributed by atoms with Gasteiger partial charge in [0.2, 0.25) is 21.8 Å². The fourth-order valence-electron chi connectivity index (χ4n) is 4.65. The molecule has 1 atom stereocenters. The molecule has 0 aliphatic carbocycles. The van der Waals surface area contributed by atoms with Crippen molar-refractivity contribution in [3.8, 4) is 5.75 Å². The molecule has 10 heteroatoms. The predicted octanol–water partition coefficient (Wildman–Crippen LogP) is 5.56. The lowest BCUT2D eigenvalue weighted by atomic mass is 10.0. The van der Waals surface area contributed by atoms with Crippen LogP contribution in [0.1, 0.15) is 44.7 Å². The summed E-state index contributed by atoms with van der Waals surface area (Å²) in [6, 6.07) is 23.3.